The maximum atomic E-state index is 15.2. The van der Waals surface area contributed by atoms with E-state index in [0.717, 1.165) is 19.3 Å². The summed E-state index contributed by atoms with van der Waals surface area (Å²) in [6, 6.07) is 2.47. The van der Waals surface area contributed by atoms with Gasteiger partial charge in [-0.05, 0) is 25.3 Å². The lowest BCUT2D eigenvalue weighted by atomic mass is 9.84. The highest BCUT2D eigenvalue weighted by atomic mass is 19.1. The summed E-state index contributed by atoms with van der Waals surface area (Å²) in [5.74, 6) is 0.683. The lowest BCUT2D eigenvalue weighted by molar-refractivity contribution is 0.0866. The van der Waals surface area contributed by atoms with Crippen LogP contribution in [0.25, 0.3) is 0 Å². The number of nitrogens with zero attached hydrogens (tertiary/aromatic N) is 1. The van der Waals surface area contributed by atoms with E-state index in [1.807, 2.05) is 6.07 Å². The van der Waals surface area contributed by atoms with Crippen LogP contribution in [-0.2, 0) is 5.67 Å². The van der Waals surface area contributed by atoms with E-state index in [0.29, 0.717) is 42.8 Å². The Labute approximate surface area is 113 Å². The van der Waals surface area contributed by atoms with Gasteiger partial charge in [0.2, 0.25) is 0 Å². The number of ether oxygens (including phenoxy) is 1. The molecule has 0 amide bonds. The molecule has 1 N–H and O–H groups in total. The lowest BCUT2D eigenvalue weighted by Crippen LogP contribution is -2.44. The highest BCUT2D eigenvalue weighted by Gasteiger charge is 2.45. The van der Waals surface area contributed by atoms with Crippen LogP contribution in [0.4, 0.5) is 4.39 Å². The summed E-state index contributed by atoms with van der Waals surface area (Å²) in [5, 5.41) is 3.47. The number of hydrogen-bond donors (Lipinski definition) is 1. The molecule has 3 nitrogen and oxygen atoms in total. The van der Waals surface area contributed by atoms with Gasteiger partial charge in [0.25, 0.3) is 0 Å². The van der Waals surface area contributed by atoms with E-state index in [9.17, 15) is 0 Å². The molecule has 19 heavy (non-hydrogen) atoms. The minimum atomic E-state index is -1.24. The third kappa shape index (κ3) is 2.59. The summed E-state index contributed by atoms with van der Waals surface area (Å²) in [6.07, 6.45) is 7.57. The van der Waals surface area contributed by atoms with Crippen molar-refractivity contribution < 1.29 is 9.13 Å². The zero-order valence-corrected chi connectivity index (χ0v) is 11.4. The molecule has 0 aromatic carbocycles. The molecule has 1 aromatic rings. The van der Waals surface area contributed by atoms with Crippen LogP contribution in [0.15, 0.2) is 18.5 Å². The molecule has 2 unspecified atom stereocenters. The zero-order chi connectivity index (χ0) is 13.3. The van der Waals surface area contributed by atoms with Gasteiger partial charge in [-0.15, -0.1) is 0 Å². The Morgan fingerprint density at radius 3 is 2.79 bits per heavy atom. The van der Waals surface area contributed by atoms with E-state index in [4.69, 9.17) is 4.74 Å². The molecule has 2 aliphatic heterocycles. The zero-order valence-electron chi connectivity index (χ0n) is 11.4. The lowest BCUT2D eigenvalue weighted by Gasteiger charge is -2.35. The van der Waals surface area contributed by atoms with Crippen LogP contribution < -0.4 is 10.1 Å². The molecule has 1 aromatic heterocycles. The van der Waals surface area contributed by atoms with Crippen molar-refractivity contribution in [2.45, 2.75) is 56.8 Å². The summed E-state index contributed by atoms with van der Waals surface area (Å²) in [6.45, 7) is 2.70. The molecular weight excluding hydrogens is 243 g/mol. The van der Waals surface area contributed by atoms with Gasteiger partial charge in [0.1, 0.15) is 11.4 Å². The van der Waals surface area contributed by atoms with E-state index >= 15 is 4.39 Å². The summed E-state index contributed by atoms with van der Waals surface area (Å²) in [5.41, 5.74) is -0.560. The summed E-state index contributed by atoms with van der Waals surface area (Å²) in [7, 11) is 0. The first-order valence-electron chi connectivity index (χ1n) is 7.23. The molecule has 2 atom stereocenters. The van der Waals surface area contributed by atoms with Crippen molar-refractivity contribution in [3.8, 4) is 5.75 Å². The van der Waals surface area contributed by atoms with Crippen LogP contribution in [0.1, 0.15) is 44.6 Å². The van der Waals surface area contributed by atoms with E-state index in [1.54, 1.807) is 12.4 Å². The van der Waals surface area contributed by atoms with Gasteiger partial charge in [-0.25, -0.2) is 4.39 Å². The van der Waals surface area contributed by atoms with Gasteiger partial charge in [-0.2, -0.15) is 0 Å². The first kappa shape index (κ1) is 12.9. The number of alkyl halides is 1. The standard InChI is InChI=1S/C15H21FN2O/c1-2-5-19-14-6-11(9-17-10-14)15(16)7-12-3-4-13(8-15)18-12/h6,9-10,12-13,18H,2-5,7-8H2,1H3. The molecule has 2 bridgehead atoms. The minimum Gasteiger partial charge on any atom is -0.492 e. The molecule has 2 fully saturated rings. The van der Waals surface area contributed by atoms with E-state index in [1.165, 1.54) is 0 Å². The molecule has 0 radical (unpaired) electrons. The molecule has 0 aliphatic carbocycles. The van der Waals surface area contributed by atoms with Gasteiger partial charge >= 0.3 is 0 Å². The molecule has 2 aliphatic rings. The van der Waals surface area contributed by atoms with Gasteiger partial charge in [0.05, 0.1) is 12.8 Å². The fraction of sp³-hybridized carbons (Fsp3) is 0.667. The second-order valence-corrected chi connectivity index (χ2v) is 5.77. The first-order valence-corrected chi connectivity index (χ1v) is 7.23. The van der Waals surface area contributed by atoms with Crippen molar-refractivity contribution in [1.29, 1.82) is 0 Å². The predicted molar refractivity (Wildman–Crippen MR) is 72.0 cm³/mol. The van der Waals surface area contributed by atoms with Crippen LogP contribution in [-0.4, -0.2) is 23.7 Å². The van der Waals surface area contributed by atoms with Crippen LogP contribution in [0.3, 0.4) is 0 Å². The maximum Gasteiger partial charge on any atom is 0.140 e. The van der Waals surface area contributed by atoms with Crippen LogP contribution in [0.5, 0.6) is 5.75 Å². The second-order valence-electron chi connectivity index (χ2n) is 5.77. The average molecular weight is 264 g/mol. The largest absolute Gasteiger partial charge is 0.492 e. The normalized spacial score (nSPS) is 33.4. The number of piperidine rings is 1. The molecule has 0 spiro atoms. The van der Waals surface area contributed by atoms with E-state index in [-0.39, 0.29) is 0 Å². The van der Waals surface area contributed by atoms with Crippen molar-refractivity contribution >= 4 is 0 Å². The molecule has 4 heteroatoms. The van der Waals surface area contributed by atoms with Crippen LogP contribution in [0.2, 0.25) is 0 Å². The van der Waals surface area contributed by atoms with Crippen molar-refractivity contribution in [2.75, 3.05) is 6.61 Å². The fourth-order valence-electron chi connectivity index (χ4n) is 3.29. The SMILES string of the molecule is CCCOc1cncc(C2(F)CC3CCC(C2)N3)c1. The molecular formula is C15H21FN2O. The number of pyridine rings is 1. The van der Waals surface area contributed by atoms with E-state index in [2.05, 4.69) is 17.2 Å². The summed E-state index contributed by atoms with van der Waals surface area (Å²) in [4.78, 5) is 4.14. The van der Waals surface area contributed by atoms with Gasteiger partial charge < -0.3 is 10.1 Å². The first-order chi connectivity index (χ1) is 9.19. The van der Waals surface area contributed by atoms with Crippen LogP contribution >= 0.6 is 0 Å². The van der Waals surface area contributed by atoms with Gasteiger partial charge in [-0.1, -0.05) is 6.92 Å². The van der Waals surface area contributed by atoms with Gasteiger partial charge in [0, 0.05) is 36.7 Å². The molecule has 0 saturated carbocycles. The third-order valence-electron chi connectivity index (χ3n) is 4.18. The van der Waals surface area contributed by atoms with Crippen molar-refractivity contribution in [1.82, 2.24) is 10.3 Å². The Morgan fingerprint density at radius 2 is 2.11 bits per heavy atom. The summed E-state index contributed by atoms with van der Waals surface area (Å²) >= 11 is 0. The number of hydrogen-bond acceptors (Lipinski definition) is 3. The number of halogens is 1. The molecule has 3 heterocycles. The Kier molecular flexibility index (Phi) is 3.44. The quantitative estimate of drug-likeness (QED) is 0.908. The smallest absolute Gasteiger partial charge is 0.140 e. The Hall–Kier alpha value is -1.16. The molecule has 104 valence electrons. The van der Waals surface area contributed by atoms with Crippen molar-refractivity contribution in [3.05, 3.63) is 24.0 Å². The van der Waals surface area contributed by atoms with Gasteiger partial charge in [0.15, 0.2) is 0 Å². The fourth-order valence-corrected chi connectivity index (χ4v) is 3.29. The predicted octanol–water partition coefficient (Wildman–Crippen LogP) is 2.95. The third-order valence-corrected chi connectivity index (χ3v) is 4.18. The number of fused-ring (bicyclic) bond motifs is 2. The minimum absolute atomic E-state index is 0.323. The van der Waals surface area contributed by atoms with Crippen molar-refractivity contribution in [2.24, 2.45) is 0 Å². The van der Waals surface area contributed by atoms with Crippen molar-refractivity contribution in [3.63, 3.8) is 0 Å². The Morgan fingerprint density at radius 1 is 1.37 bits per heavy atom. The summed E-state index contributed by atoms with van der Waals surface area (Å²) < 4.78 is 20.8. The number of rotatable bonds is 4. The monoisotopic (exact) mass is 264 g/mol. The van der Waals surface area contributed by atoms with Crippen LogP contribution in [0, 0.1) is 0 Å². The molecule has 2 saturated heterocycles. The highest BCUT2D eigenvalue weighted by molar-refractivity contribution is 5.29. The topological polar surface area (TPSA) is 34.1 Å². The second kappa shape index (κ2) is 5.08. The van der Waals surface area contributed by atoms with E-state index < -0.39 is 5.67 Å². The number of aromatic nitrogens is 1. The Bertz CT molecular complexity index is 440. The molecule has 3 rings (SSSR count). The Balaban J connectivity index is 1.80. The average Bonchev–Trinajstić information content (AvgIpc) is 2.76. The highest BCUT2D eigenvalue weighted by Crippen LogP contribution is 2.44. The number of nitrogens with one attached hydrogen (secondary N) is 1. The van der Waals surface area contributed by atoms with Gasteiger partial charge in [-0.3, -0.25) is 4.98 Å². The maximum absolute atomic E-state index is 15.2.